The number of phosphoric acid groups is 2. The van der Waals surface area contributed by atoms with E-state index in [1.165, 1.54) is 46.3 Å². The average Bonchev–Trinajstić information content (AvgIpc) is 3.62. The van der Waals surface area contributed by atoms with E-state index in [0.29, 0.717) is 11.2 Å². The molecule has 0 bridgehead atoms. The molecule has 2 fully saturated rings. The van der Waals surface area contributed by atoms with Crippen LogP contribution in [-0.2, 0) is 32.0 Å². The average molecular weight is 669 g/mol. The van der Waals surface area contributed by atoms with Crippen LogP contribution < -0.4 is 55.6 Å². The molecule has 0 aromatic carbocycles. The third-order valence-corrected chi connectivity index (χ3v) is 9.18. The second-order valence-corrected chi connectivity index (χ2v) is 12.5. The summed E-state index contributed by atoms with van der Waals surface area (Å²) in [6, 6.07) is 2.79. The SMILES string of the molecule is NC(=O)c1ccc[n+]([C@@H]2O[C@H](COP(=O)([O-])OP(=O)(O)OC[C@H]3O[C@@H](n4cnc5c(N)ncnc54)C[C@@H]3O)[C@@H](O)[C@H]2[O-])c1.[Na+]. The molecule has 23 heteroatoms. The number of aromatic nitrogens is 5. The molecule has 44 heavy (non-hydrogen) atoms. The molecule has 3 aromatic rings. The number of rotatable bonds is 11. The summed E-state index contributed by atoms with van der Waals surface area (Å²) in [5.41, 5.74) is 11.7. The fourth-order valence-electron chi connectivity index (χ4n) is 4.51. The molecule has 20 nitrogen and oxygen atoms in total. The minimum atomic E-state index is -5.58. The van der Waals surface area contributed by atoms with Gasteiger partial charge in [-0.05, 0) is 12.2 Å². The van der Waals surface area contributed by atoms with Crippen molar-refractivity contribution >= 4 is 38.5 Å². The number of pyridine rings is 1. The molecule has 2 aliphatic heterocycles. The Labute approximate surface area is 270 Å². The van der Waals surface area contributed by atoms with Crippen LogP contribution in [0.15, 0.2) is 37.2 Å². The van der Waals surface area contributed by atoms with Crippen molar-refractivity contribution in [3.8, 4) is 0 Å². The number of hydrogen-bond donors (Lipinski definition) is 5. The number of phosphoric ester groups is 2. The molecule has 2 saturated heterocycles. The zero-order valence-electron chi connectivity index (χ0n) is 22.8. The van der Waals surface area contributed by atoms with E-state index in [-0.39, 0.29) is 47.4 Å². The normalized spacial score (nSPS) is 29.6. The van der Waals surface area contributed by atoms with Gasteiger partial charge in [0.05, 0.1) is 31.7 Å². The summed E-state index contributed by atoms with van der Waals surface area (Å²) in [6.45, 7) is -1.73. The van der Waals surface area contributed by atoms with Crippen LogP contribution in [0.25, 0.3) is 11.2 Å². The fraction of sp³-hybridized carbons (Fsp3) is 0.476. The van der Waals surface area contributed by atoms with Crippen LogP contribution >= 0.6 is 15.6 Å². The van der Waals surface area contributed by atoms with Gasteiger partial charge >= 0.3 is 37.4 Å². The molecule has 2 unspecified atom stereocenters. The molecule has 0 radical (unpaired) electrons. The van der Waals surface area contributed by atoms with Crippen LogP contribution in [-0.4, -0.2) is 84.3 Å². The van der Waals surface area contributed by atoms with Crippen LogP contribution in [0, 0.1) is 0 Å². The molecule has 5 rings (SSSR count). The maximum Gasteiger partial charge on any atom is 1.00 e. The number of amides is 1. The molecule has 0 aliphatic carbocycles. The van der Waals surface area contributed by atoms with Gasteiger partial charge in [0.2, 0.25) is 0 Å². The van der Waals surface area contributed by atoms with E-state index in [4.69, 9.17) is 25.5 Å². The predicted octanol–water partition coefficient (Wildman–Crippen LogP) is -6.25. The Morgan fingerprint density at radius 1 is 1.18 bits per heavy atom. The number of imidazole rings is 1. The molecule has 7 N–H and O–H groups in total. The number of hydrogen-bond acceptors (Lipinski definition) is 16. The zero-order valence-corrected chi connectivity index (χ0v) is 26.6. The number of aliphatic hydroxyl groups is 2. The van der Waals surface area contributed by atoms with Crippen molar-refractivity contribution in [3.63, 3.8) is 0 Å². The standard InChI is InChI=1S/C21H27N7O13P2.Na/c22-18-15-20(25-8-24-18)28(9-26-15)14-4-11(29)12(39-14)6-37-42(33,34)41-43(35,36)38-7-13-16(30)17(31)21(40-13)27-3-1-2-10(5-27)19(23)32;/h1-3,5,8-9,11-14,16-17,21,29-30H,4,6-7H2,(H2,23,32)(H,33,34)(H,35,36)(H2,22,24,25);/q;+1/p-1/t11-,12+,13+,14+,16+,17+,21+;/m0./s1. The van der Waals surface area contributed by atoms with E-state index in [0.717, 1.165) is 0 Å². The summed E-state index contributed by atoms with van der Waals surface area (Å²) in [4.78, 5) is 45.7. The number of aliphatic hydroxyl groups excluding tert-OH is 2. The van der Waals surface area contributed by atoms with E-state index in [9.17, 15) is 39.0 Å². The molecule has 5 heterocycles. The second-order valence-electron chi connectivity index (χ2n) is 9.53. The minimum absolute atomic E-state index is 0. The number of nitrogens with two attached hydrogens (primary N) is 2. The third kappa shape index (κ3) is 7.69. The molecular weight excluding hydrogens is 643 g/mol. The van der Waals surface area contributed by atoms with Gasteiger partial charge in [0.15, 0.2) is 23.9 Å². The summed E-state index contributed by atoms with van der Waals surface area (Å²) >= 11 is 0. The number of carbonyl (C=O) groups is 1. The van der Waals surface area contributed by atoms with E-state index in [2.05, 4.69) is 23.8 Å². The summed E-state index contributed by atoms with van der Waals surface area (Å²) in [6.07, 6.45) is -4.51. The molecule has 2 aliphatic rings. The topological polar surface area (TPSA) is 304 Å². The Kier molecular flexibility index (Phi) is 10.9. The first-order valence-electron chi connectivity index (χ1n) is 12.5. The maximum absolute atomic E-state index is 12.5. The molecule has 3 aromatic heterocycles. The van der Waals surface area contributed by atoms with Crippen molar-refractivity contribution in [2.75, 3.05) is 18.9 Å². The summed E-state index contributed by atoms with van der Waals surface area (Å²) in [5.74, 6) is -0.656. The number of primary amides is 1. The first kappa shape index (κ1) is 34.9. The van der Waals surface area contributed by atoms with Gasteiger partial charge in [0.25, 0.3) is 20.0 Å². The smallest absolute Gasteiger partial charge is 0.843 e. The molecule has 0 spiro atoms. The Bertz CT molecular complexity index is 1600. The van der Waals surface area contributed by atoms with Crippen molar-refractivity contribution in [1.82, 2.24) is 19.5 Å². The number of carbonyl (C=O) groups excluding carboxylic acids is 1. The van der Waals surface area contributed by atoms with Gasteiger partial charge in [-0.3, -0.25) is 18.5 Å². The number of anilines is 1. The number of nitrogens with zero attached hydrogens (tertiary/aromatic N) is 5. The number of fused-ring (bicyclic) bond motifs is 1. The van der Waals surface area contributed by atoms with Crippen LogP contribution in [0.1, 0.15) is 29.2 Å². The molecular formula is C21H26N7NaO13P2. The first-order chi connectivity index (χ1) is 20.2. The summed E-state index contributed by atoms with van der Waals surface area (Å²) in [7, 11) is -10.9. The van der Waals surface area contributed by atoms with Gasteiger partial charge in [-0.15, -0.1) is 0 Å². The van der Waals surface area contributed by atoms with E-state index < -0.39 is 77.7 Å². The molecule has 234 valence electrons. The summed E-state index contributed by atoms with van der Waals surface area (Å²) < 4.78 is 51.8. The van der Waals surface area contributed by atoms with Crippen molar-refractivity contribution in [3.05, 3.63) is 42.7 Å². The van der Waals surface area contributed by atoms with Crippen LogP contribution in [0.2, 0.25) is 0 Å². The fourth-order valence-corrected chi connectivity index (χ4v) is 6.57. The van der Waals surface area contributed by atoms with Crippen LogP contribution in [0.3, 0.4) is 0 Å². The van der Waals surface area contributed by atoms with Gasteiger partial charge in [0.1, 0.15) is 35.8 Å². The Morgan fingerprint density at radius 3 is 2.64 bits per heavy atom. The van der Waals surface area contributed by atoms with Crippen LogP contribution in [0.5, 0.6) is 0 Å². The number of nitrogen functional groups attached to an aromatic ring is 1. The predicted molar refractivity (Wildman–Crippen MR) is 134 cm³/mol. The second kappa shape index (κ2) is 13.8. The van der Waals surface area contributed by atoms with Crippen molar-refractivity contribution in [2.45, 2.75) is 49.4 Å². The Morgan fingerprint density at radius 2 is 1.91 bits per heavy atom. The largest absolute Gasteiger partial charge is 1.00 e. The first-order valence-corrected chi connectivity index (χ1v) is 15.4. The number of ether oxygens (including phenoxy) is 2. The van der Waals surface area contributed by atoms with E-state index in [1.54, 1.807) is 0 Å². The van der Waals surface area contributed by atoms with Crippen molar-refractivity contribution in [2.24, 2.45) is 5.73 Å². The third-order valence-electron chi connectivity index (χ3n) is 6.62. The van der Waals surface area contributed by atoms with Gasteiger partial charge in [0, 0.05) is 12.5 Å². The van der Waals surface area contributed by atoms with E-state index >= 15 is 0 Å². The van der Waals surface area contributed by atoms with Gasteiger partial charge in [-0.2, -0.15) is 4.57 Å². The van der Waals surface area contributed by atoms with Crippen molar-refractivity contribution in [1.29, 1.82) is 0 Å². The quantitative estimate of drug-likeness (QED) is 0.0720. The minimum Gasteiger partial charge on any atom is -0.843 e. The zero-order chi connectivity index (χ0) is 31.1. The van der Waals surface area contributed by atoms with Gasteiger partial charge in [-0.25, -0.2) is 23.8 Å². The molecule has 0 saturated carbocycles. The monoisotopic (exact) mass is 669 g/mol. The molecule has 1 amide bonds. The maximum atomic E-state index is 12.5. The van der Waals surface area contributed by atoms with Gasteiger partial charge in [-0.1, -0.05) is 0 Å². The molecule has 9 atom stereocenters. The summed E-state index contributed by atoms with van der Waals surface area (Å²) in [5, 5.41) is 33.2. The van der Waals surface area contributed by atoms with Crippen molar-refractivity contribution < 1.29 is 96.0 Å². The van der Waals surface area contributed by atoms with Gasteiger partial charge < -0.3 is 50.6 Å². The van der Waals surface area contributed by atoms with Crippen LogP contribution in [0.4, 0.5) is 5.82 Å². The Hall–Kier alpha value is -1.97. The Balaban J connectivity index is 0.00000442. The van der Waals surface area contributed by atoms with E-state index in [1.807, 2.05) is 0 Å².